The summed E-state index contributed by atoms with van der Waals surface area (Å²) in [7, 11) is 0. The van der Waals surface area contributed by atoms with Crippen molar-refractivity contribution < 1.29 is 9.90 Å². The third kappa shape index (κ3) is 3.33. The molecule has 98 valence electrons. The Morgan fingerprint density at radius 3 is 2.56 bits per heavy atom. The molecule has 3 nitrogen and oxygen atoms in total. The second-order valence-corrected chi connectivity index (χ2v) is 4.95. The van der Waals surface area contributed by atoms with Gasteiger partial charge in [-0.2, -0.15) is 0 Å². The van der Waals surface area contributed by atoms with Crippen LogP contribution < -0.4 is 0 Å². The minimum absolute atomic E-state index is 0.158. The maximum Gasteiger partial charge on any atom is 0.222 e. The molecule has 0 radical (unpaired) electrons. The predicted molar refractivity (Wildman–Crippen MR) is 71.3 cm³/mol. The van der Waals surface area contributed by atoms with Gasteiger partial charge in [-0.15, -0.1) is 0 Å². The van der Waals surface area contributed by atoms with Gasteiger partial charge in [-0.3, -0.25) is 4.79 Å². The Morgan fingerprint density at radius 2 is 2.00 bits per heavy atom. The molecule has 0 spiro atoms. The molecule has 1 aliphatic heterocycles. The van der Waals surface area contributed by atoms with Crippen LogP contribution in [0.15, 0.2) is 24.3 Å². The van der Waals surface area contributed by atoms with Crippen molar-refractivity contribution in [1.82, 2.24) is 4.90 Å². The highest BCUT2D eigenvalue weighted by molar-refractivity contribution is 5.76. The first-order valence-electron chi connectivity index (χ1n) is 6.72. The molecule has 2 rings (SSSR count). The van der Waals surface area contributed by atoms with E-state index in [-0.39, 0.29) is 12.0 Å². The molecule has 1 fully saturated rings. The van der Waals surface area contributed by atoms with Crippen LogP contribution in [0, 0.1) is 0 Å². The summed E-state index contributed by atoms with van der Waals surface area (Å²) in [5, 5.41) is 9.40. The number of amides is 1. The van der Waals surface area contributed by atoms with Crippen LogP contribution in [0.3, 0.4) is 0 Å². The lowest BCUT2D eigenvalue weighted by atomic mass is 10.1. The smallest absolute Gasteiger partial charge is 0.222 e. The molecular weight excluding hydrogens is 226 g/mol. The fourth-order valence-corrected chi connectivity index (χ4v) is 2.32. The molecular formula is C15H21NO2. The molecule has 0 saturated carbocycles. The van der Waals surface area contributed by atoms with Crippen LogP contribution in [-0.4, -0.2) is 35.1 Å². The van der Waals surface area contributed by atoms with Crippen molar-refractivity contribution in [2.45, 2.75) is 38.7 Å². The lowest BCUT2D eigenvalue weighted by Crippen LogP contribution is -2.29. The van der Waals surface area contributed by atoms with Crippen LogP contribution >= 0.6 is 0 Å². The summed E-state index contributed by atoms with van der Waals surface area (Å²) in [6.45, 7) is 3.35. The second-order valence-electron chi connectivity index (χ2n) is 4.95. The molecule has 0 bridgehead atoms. The van der Waals surface area contributed by atoms with Crippen LogP contribution in [0.2, 0.25) is 0 Å². The summed E-state index contributed by atoms with van der Waals surface area (Å²) < 4.78 is 0. The van der Waals surface area contributed by atoms with Crippen LogP contribution in [0.5, 0.6) is 0 Å². The quantitative estimate of drug-likeness (QED) is 0.881. The van der Waals surface area contributed by atoms with Gasteiger partial charge in [0.15, 0.2) is 0 Å². The maximum atomic E-state index is 11.9. The topological polar surface area (TPSA) is 40.5 Å². The van der Waals surface area contributed by atoms with E-state index < -0.39 is 0 Å². The summed E-state index contributed by atoms with van der Waals surface area (Å²) in [6.07, 6.45) is 2.77. The lowest BCUT2D eigenvalue weighted by Gasteiger charge is -2.15. The normalized spacial score (nSPS) is 19.2. The number of aryl methyl sites for hydroxylation is 2. The van der Waals surface area contributed by atoms with Gasteiger partial charge in [0.2, 0.25) is 5.91 Å². The molecule has 1 aromatic carbocycles. The molecule has 18 heavy (non-hydrogen) atoms. The number of benzene rings is 1. The average molecular weight is 247 g/mol. The number of hydrogen-bond acceptors (Lipinski definition) is 2. The van der Waals surface area contributed by atoms with Crippen LogP contribution in [0.25, 0.3) is 0 Å². The van der Waals surface area contributed by atoms with Crippen molar-refractivity contribution in [3.05, 3.63) is 35.4 Å². The van der Waals surface area contributed by atoms with E-state index in [1.54, 1.807) is 4.90 Å². The van der Waals surface area contributed by atoms with Gasteiger partial charge in [0.25, 0.3) is 0 Å². The molecule has 1 atom stereocenters. The number of β-amino-alcohol motifs (C(OH)–C–C–N with tert-alkyl or cyclic N) is 1. The van der Waals surface area contributed by atoms with E-state index in [0.29, 0.717) is 19.5 Å². The minimum Gasteiger partial charge on any atom is -0.391 e. The molecule has 1 saturated heterocycles. The second kappa shape index (κ2) is 6.01. The van der Waals surface area contributed by atoms with E-state index in [2.05, 4.69) is 31.2 Å². The number of rotatable bonds is 4. The summed E-state index contributed by atoms with van der Waals surface area (Å²) in [5.74, 6) is 0.158. The maximum absolute atomic E-state index is 11.9. The summed E-state index contributed by atoms with van der Waals surface area (Å²) in [5.41, 5.74) is 2.54. The SMILES string of the molecule is CCc1ccc(CCC(=O)N2CCC(O)C2)cc1. The zero-order valence-corrected chi connectivity index (χ0v) is 10.9. The molecule has 1 heterocycles. The van der Waals surface area contributed by atoms with Gasteiger partial charge in [-0.1, -0.05) is 31.2 Å². The van der Waals surface area contributed by atoms with Crippen molar-refractivity contribution in [1.29, 1.82) is 0 Å². The molecule has 1 aromatic rings. The monoisotopic (exact) mass is 247 g/mol. The van der Waals surface area contributed by atoms with Crippen molar-refractivity contribution in [2.24, 2.45) is 0 Å². The summed E-state index contributed by atoms with van der Waals surface area (Å²) in [4.78, 5) is 13.7. The van der Waals surface area contributed by atoms with Gasteiger partial charge >= 0.3 is 0 Å². The third-order valence-electron chi connectivity index (χ3n) is 3.57. The first kappa shape index (κ1) is 13.1. The van der Waals surface area contributed by atoms with Crippen molar-refractivity contribution in [3.8, 4) is 0 Å². The number of likely N-dealkylation sites (tertiary alicyclic amines) is 1. The number of nitrogens with zero attached hydrogens (tertiary/aromatic N) is 1. The first-order valence-corrected chi connectivity index (χ1v) is 6.72. The Balaban J connectivity index is 1.81. The van der Waals surface area contributed by atoms with Gasteiger partial charge in [0, 0.05) is 19.5 Å². The van der Waals surface area contributed by atoms with Crippen LogP contribution in [0.1, 0.15) is 30.9 Å². The molecule has 0 aromatic heterocycles. The number of carbonyl (C=O) groups excluding carboxylic acids is 1. The van der Waals surface area contributed by atoms with E-state index in [1.165, 1.54) is 11.1 Å². The molecule has 1 amide bonds. The lowest BCUT2D eigenvalue weighted by molar-refractivity contribution is -0.130. The van der Waals surface area contributed by atoms with Crippen molar-refractivity contribution in [3.63, 3.8) is 0 Å². The zero-order chi connectivity index (χ0) is 13.0. The van der Waals surface area contributed by atoms with Gasteiger partial charge in [-0.25, -0.2) is 0 Å². The fourth-order valence-electron chi connectivity index (χ4n) is 2.32. The van der Waals surface area contributed by atoms with Gasteiger partial charge in [-0.05, 0) is 30.4 Å². The number of hydrogen-bond donors (Lipinski definition) is 1. The Kier molecular flexibility index (Phi) is 4.37. The molecule has 1 aliphatic rings. The Labute approximate surface area is 108 Å². The molecule has 0 aliphatic carbocycles. The third-order valence-corrected chi connectivity index (χ3v) is 3.57. The van der Waals surface area contributed by atoms with Gasteiger partial charge < -0.3 is 10.0 Å². The number of carbonyl (C=O) groups is 1. The highest BCUT2D eigenvalue weighted by atomic mass is 16.3. The molecule has 3 heteroatoms. The van der Waals surface area contributed by atoms with E-state index in [9.17, 15) is 9.90 Å². The van der Waals surface area contributed by atoms with Gasteiger partial charge in [0.1, 0.15) is 0 Å². The summed E-state index contributed by atoms with van der Waals surface area (Å²) in [6, 6.07) is 8.45. The van der Waals surface area contributed by atoms with E-state index >= 15 is 0 Å². The molecule has 1 unspecified atom stereocenters. The highest BCUT2D eigenvalue weighted by Crippen LogP contribution is 2.12. The first-order chi connectivity index (χ1) is 8.69. The zero-order valence-electron chi connectivity index (χ0n) is 10.9. The summed E-state index contributed by atoms with van der Waals surface area (Å²) >= 11 is 0. The van der Waals surface area contributed by atoms with Crippen LogP contribution in [-0.2, 0) is 17.6 Å². The molecule has 1 N–H and O–H groups in total. The van der Waals surface area contributed by atoms with E-state index in [1.807, 2.05) is 0 Å². The van der Waals surface area contributed by atoms with E-state index in [0.717, 1.165) is 19.3 Å². The minimum atomic E-state index is -0.321. The number of aliphatic hydroxyl groups excluding tert-OH is 1. The highest BCUT2D eigenvalue weighted by Gasteiger charge is 2.23. The van der Waals surface area contributed by atoms with Crippen LogP contribution in [0.4, 0.5) is 0 Å². The Hall–Kier alpha value is -1.35. The Bertz CT molecular complexity index is 399. The van der Waals surface area contributed by atoms with Gasteiger partial charge in [0.05, 0.1) is 6.10 Å². The largest absolute Gasteiger partial charge is 0.391 e. The predicted octanol–water partition coefficient (Wildman–Crippen LogP) is 1.77. The fraction of sp³-hybridized carbons (Fsp3) is 0.533. The standard InChI is InChI=1S/C15H21NO2/c1-2-12-3-5-13(6-4-12)7-8-15(18)16-10-9-14(17)11-16/h3-6,14,17H,2,7-11H2,1H3. The van der Waals surface area contributed by atoms with Crippen molar-refractivity contribution in [2.75, 3.05) is 13.1 Å². The average Bonchev–Trinajstić information content (AvgIpc) is 2.83. The Morgan fingerprint density at radius 1 is 1.33 bits per heavy atom. The van der Waals surface area contributed by atoms with Crippen molar-refractivity contribution >= 4 is 5.91 Å². The van der Waals surface area contributed by atoms with E-state index in [4.69, 9.17) is 0 Å². The number of aliphatic hydroxyl groups is 1.